The third-order valence-electron chi connectivity index (χ3n) is 6.24. The number of carbonyl (C=O) groups is 1. The number of rotatable bonds is 3. The van der Waals surface area contributed by atoms with Gasteiger partial charge in [0.15, 0.2) is 0 Å². The van der Waals surface area contributed by atoms with Crippen LogP contribution in [0.1, 0.15) is 51.1 Å². The van der Waals surface area contributed by atoms with Crippen LogP contribution in [0.2, 0.25) is 0 Å². The van der Waals surface area contributed by atoms with Gasteiger partial charge in [0, 0.05) is 23.9 Å². The van der Waals surface area contributed by atoms with Gasteiger partial charge in [-0.1, -0.05) is 19.4 Å². The summed E-state index contributed by atoms with van der Waals surface area (Å²) in [6.07, 6.45) is 1.48. The number of anilines is 1. The first kappa shape index (κ1) is 23.1. The number of hydrogen-bond donors (Lipinski definition) is 0. The van der Waals surface area contributed by atoms with Crippen LogP contribution in [0.4, 0.5) is 25.1 Å². The molecule has 1 saturated heterocycles. The van der Waals surface area contributed by atoms with Crippen LogP contribution in [0.5, 0.6) is 0 Å². The monoisotopic (exact) mass is 479 g/mol. The second-order valence-electron chi connectivity index (χ2n) is 9.21. The largest absolute Gasteiger partial charge is 0.498 e. The number of carbonyl (C=O) groups excluding carboxylic acids is 1. The predicted octanol–water partition coefficient (Wildman–Crippen LogP) is 5.06. The first-order chi connectivity index (χ1) is 14.3. The molecule has 1 fully saturated rings. The molecular formula is C19H23BF5N3O3S. The molecule has 6 nitrogen and oxygen atoms in total. The summed E-state index contributed by atoms with van der Waals surface area (Å²) in [6, 6.07) is 2.02. The van der Waals surface area contributed by atoms with E-state index in [1.54, 1.807) is 6.92 Å². The Labute approximate surface area is 182 Å². The van der Waals surface area contributed by atoms with Crippen molar-refractivity contribution in [3.63, 3.8) is 0 Å². The Morgan fingerprint density at radius 1 is 1.03 bits per heavy atom. The summed E-state index contributed by atoms with van der Waals surface area (Å²) in [5.74, 6) is -0.537. The summed E-state index contributed by atoms with van der Waals surface area (Å²) in [4.78, 5) is 12.6. The van der Waals surface area contributed by atoms with Crippen LogP contribution in [-0.4, -0.2) is 40.6 Å². The van der Waals surface area contributed by atoms with Crippen molar-refractivity contribution in [1.82, 2.24) is 9.78 Å². The van der Waals surface area contributed by atoms with E-state index >= 15 is 0 Å². The third-order valence-corrected chi connectivity index (χ3v) is 7.40. The highest BCUT2D eigenvalue weighted by Gasteiger charge is 2.65. The molecule has 32 heavy (non-hydrogen) atoms. The molecule has 2 aliphatic rings. The summed E-state index contributed by atoms with van der Waals surface area (Å²) in [6.45, 7) is 9.33. The molecule has 176 valence electrons. The van der Waals surface area contributed by atoms with E-state index in [4.69, 9.17) is 9.31 Å². The second kappa shape index (κ2) is 6.06. The summed E-state index contributed by atoms with van der Waals surface area (Å²) in [5.41, 5.74) is -0.666. The molecule has 1 aromatic carbocycles. The molecule has 2 aliphatic heterocycles. The molecule has 0 N–H and O–H groups in total. The van der Waals surface area contributed by atoms with E-state index in [0.29, 0.717) is 17.6 Å². The predicted molar refractivity (Wildman–Crippen MR) is 112 cm³/mol. The zero-order chi connectivity index (χ0) is 24.0. The summed E-state index contributed by atoms with van der Waals surface area (Å²) >= 11 is 0. The number of aromatic nitrogens is 2. The molecule has 13 heteroatoms. The first-order valence-electron chi connectivity index (χ1n) is 9.90. The van der Waals surface area contributed by atoms with Gasteiger partial charge in [-0.25, -0.2) is 0 Å². The summed E-state index contributed by atoms with van der Waals surface area (Å²) < 4.78 is 78.8. The van der Waals surface area contributed by atoms with E-state index in [9.17, 15) is 24.2 Å². The molecule has 2 aromatic rings. The minimum Gasteiger partial charge on any atom is -0.399 e. The molecular weight excluding hydrogens is 456 g/mol. The zero-order valence-corrected chi connectivity index (χ0v) is 18.9. The van der Waals surface area contributed by atoms with Crippen LogP contribution >= 0.6 is 10.2 Å². The quantitative estimate of drug-likeness (QED) is 0.456. The van der Waals surface area contributed by atoms with Crippen molar-refractivity contribution in [1.29, 1.82) is 0 Å². The number of hydrogen-bond acceptors (Lipinski definition) is 4. The molecule has 0 spiro atoms. The summed E-state index contributed by atoms with van der Waals surface area (Å²) in [7, 11) is -10.7. The molecule has 4 rings (SSSR count). The van der Waals surface area contributed by atoms with Crippen molar-refractivity contribution in [3.8, 4) is 0 Å². The van der Waals surface area contributed by atoms with E-state index < -0.39 is 39.3 Å². The van der Waals surface area contributed by atoms with Gasteiger partial charge in [0.05, 0.1) is 17.2 Å². The van der Waals surface area contributed by atoms with Gasteiger partial charge in [0.25, 0.3) is 5.91 Å². The van der Waals surface area contributed by atoms with Gasteiger partial charge in [0.1, 0.15) is 10.6 Å². The van der Waals surface area contributed by atoms with Gasteiger partial charge < -0.3 is 14.2 Å². The van der Waals surface area contributed by atoms with E-state index in [1.165, 1.54) is 15.8 Å². The van der Waals surface area contributed by atoms with Gasteiger partial charge in [0.2, 0.25) is 0 Å². The van der Waals surface area contributed by atoms with Crippen molar-refractivity contribution in [2.45, 2.75) is 56.8 Å². The molecule has 0 bridgehead atoms. The topological polar surface area (TPSA) is 56.6 Å². The maximum Gasteiger partial charge on any atom is 0.498 e. The normalized spacial score (nSPS) is 24.8. The first-order valence-corrected chi connectivity index (χ1v) is 11.8. The molecule has 1 aromatic heterocycles. The van der Waals surface area contributed by atoms with E-state index in [-0.39, 0.29) is 24.0 Å². The van der Waals surface area contributed by atoms with E-state index in [1.807, 2.05) is 27.7 Å². The van der Waals surface area contributed by atoms with E-state index in [0.717, 1.165) is 12.1 Å². The minimum atomic E-state index is -9.80. The Morgan fingerprint density at radius 3 is 2.06 bits per heavy atom. The summed E-state index contributed by atoms with van der Waals surface area (Å²) in [5, 5.41) is 4.29. The lowest BCUT2D eigenvalue weighted by Gasteiger charge is -2.40. The molecule has 1 atom stereocenters. The highest BCUT2D eigenvalue weighted by molar-refractivity contribution is 8.45. The number of benzene rings is 1. The van der Waals surface area contributed by atoms with Crippen LogP contribution < -0.4 is 10.4 Å². The van der Waals surface area contributed by atoms with Crippen LogP contribution in [-0.2, 0) is 9.31 Å². The third kappa shape index (κ3) is 3.69. The fraction of sp³-hybridized carbons (Fsp3) is 0.474. The smallest absolute Gasteiger partial charge is 0.399 e. The highest BCUT2D eigenvalue weighted by Crippen LogP contribution is 3.02. The molecule has 0 unspecified atom stereocenters. The number of nitrogens with zero attached hydrogens (tertiary/aromatic N) is 3. The highest BCUT2D eigenvalue weighted by atomic mass is 32.5. The SMILES string of the molecule is C[C@H]1CN(c2ccc(S(F)(F)(F)(F)F)cc2)C(=O)c2c(B3OC(C)(C)C(C)(C)O3)cnn21. The van der Waals surface area contributed by atoms with Crippen LogP contribution in [0.3, 0.4) is 0 Å². The fourth-order valence-corrected chi connectivity index (χ4v) is 4.38. The average molecular weight is 479 g/mol. The van der Waals surface area contributed by atoms with E-state index in [2.05, 4.69) is 5.10 Å². The molecule has 1 amide bonds. The van der Waals surface area contributed by atoms with Crippen LogP contribution in [0.25, 0.3) is 0 Å². The average Bonchev–Trinajstić information content (AvgIpc) is 3.16. The zero-order valence-electron chi connectivity index (χ0n) is 18.1. The van der Waals surface area contributed by atoms with Crippen molar-refractivity contribution in [2.75, 3.05) is 11.4 Å². The Kier molecular flexibility index (Phi) is 4.37. The van der Waals surface area contributed by atoms with Crippen molar-refractivity contribution >= 4 is 34.4 Å². The Hall–Kier alpha value is -2.12. The van der Waals surface area contributed by atoms with Crippen LogP contribution in [0, 0.1) is 0 Å². The molecule has 0 aliphatic carbocycles. The number of fused-ring (bicyclic) bond motifs is 1. The molecule has 0 radical (unpaired) electrons. The van der Waals surface area contributed by atoms with Gasteiger partial charge in [-0.05, 0) is 58.9 Å². The minimum absolute atomic E-state index is 0.0692. The fourth-order valence-electron chi connectivity index (χ4n) is 3.73. The number of halogens is 5. The van der Waals surface area contributed by atoms with Gasteiger partial charge in [-0.2, -0.15) is 5.10 Å². The Bertz CT molecular complexity index is 1090. The number of amides is 1. The Balaban J connectivity index is 1.70. The second-order valence-corrected chi connectivity index (χ2v) is 11.6. The lowest BCUT2D eigenvalue weighted by Crippen LogP contribution is -2.47. The maximum atomic E-state index is 13.3. The van der Waals surface area contributed by atoms with Crippen molar-refractivity contribution in [2.24, 2.45) is 0 Å². The molecule has 0 saturated carbocycles. The standard InChI is InChI=1S/C19H23BF5N3O3S/c1-12-11-27(13-6-8-14(9-7-13)32(21,22,23,24)25)17(29)16-15(10-26-28(12)16)20-30-18(2,3)19(4,5)31-20/h6-10,12H,11H2,1-5H3/t12-/m0/s1. The van der Waals surface area contributed by atoms with Gasteiger partial charge in [-0.15, -0.1) is 0 Å². The van der Waals surface area contributed by atoms with Crippen molar-refractivity contribution in [3.05, 3.63) is 36.2 Å². The maximum absolute atomic E-state index is 13.3. The van der Waals surface area contributed by atoms with Gasteiger partial charge >= 0.3 is 17.3 Å². The Morgan fingerprint density at radius 2 is 1.56 bits per heavy atom. The lowest BCUT2D eigenvalue weighted by atomic mass is 9.78. The lowest BCUT2D eigenvalue weighted by molar-refractivity contribution is 0.00578. The van der Waals surface area contributed by atoms with Crippen LogP contribution in [0.15, 0.2) is 35.4 Å². The molecule has 3 heterocycles. The van der Waals surface area contributed by atoms with Crippen molar-refractivity contribution < 1.29 is 33.5 Å². The van der Waals surface area contributed by atoms with Gasteiger partial charge in [-0.3, -0.25) is 9.48 Å².